The smallest absolute Gasteiger partial charge is 0.264 e. The number of ether oxygens (including phenoxy) is 1. The van der Waals surface area contributed by atoms with Crippen molar-refractivity contribution in [2.45, 2.75) is 39.0 Å². The van der Waals surface area contributed by atoms with Gasteiger partial charge in [-0.25, -0.2) is 4.98 Å². The van der Waals surface area contributed by atoms with Gasteiger partial charge in [-0.15, -0.1) is 11.3 Å². The number of amides is 1. The van der Waals surface area contributed by atoms with E-state index in [9.17, 15) is 9.59 Å². The van der Waals surface area contributed by atoms with Gasteiger partial charge in [0.05, 0.1) is 5.69 Å². The maximum Gasteiger partial charge on any atom is 0.264 e. The Morgan fingerprint density at radius 2 is 2.08 bits per heavy atom. The van der Waals surface area contributed by atoms with E-state index in [1.54, 1.807) is 35.6 Å². The van der Waals surface area contributed by atoms with Crippen LogP contribution in [0.1, 0.15) is 47.1 Å². The molecule has 0 radical (unpaired) electrons. The number of carbonyl (C=O) groups is 2. The molecule has 3 rings (SSSR count). The molecule has 0 fully saturated rings. The molecule has 0 aliphatic heterocycles. The van der Waals surface area contributed by atoms with Crippen molar-refractivity contribution in [1.29, 1.82) is 0 Å². The van der Waals surface area contributed by atoms with E-state index < -0.39 is 0 Å². The van der Waals surface area contributed by atoms with E-state index in [-0.39, 0.29) is 18.3 Å². The van der Waals surface area contributed by atoms with E-state index in [0.717, 1.165) is 18.5 Å². The zero-order valence-electron chi connectivity index (χ0n) is 13.6. The van der Waals surface area contributed by atoms with Crippen LogP contribution in [0.4, 0.5) is 5.13 Å². The first-order valence-corrected chi connectivity index (χ1v) is 8.96. The minimum absolute atomic E-state index is 0.0332. The fourth-order valence-electron chi connectivity index (χ4n) is 2.69. The summed E-state index contributed by atoms with van der Waals surface area (Å²) in [6.45, 7) is 1.39. The molecule has 5 nitrogen and oxygen atoms in total. The minimum Gasteiger partial charge on any atom is -0.484 e. The summed E-state index contributed by atoms with van der Waals surface area (Å²) in [6, 6.07) is 6.83. The predicted molar refractivity (Wildman–Crippen MR) is 93.9 cm³/mol. The molecule has 126 valence electrons. The van der Waals surface area contributed by atoms with Crippen LogP contribution in [0.3, 0.4) is 0 Å². The monoisotopic (exact) mass is 344 g/mol. The molecule has 1 N–H and O–H groups in total. The molecular formula is C18H20N2O3S. The van der Waals surface area contributed by atoms with E-state index in [0.29, 0.717) is 16.4 Å². The van der Waals surface area contributed by atoms with E-state index in [1.165, 1.54) is 31.1 Å². The summed E-state index contributed by atoms with van der Waals surface area (Å²) in [5.74, 6) is 0.231. The number of aryl methyl sites for hydroxylation is 2. The quantitative estimate of drug-likeness (QED) is 0.664. The van der Waals surface area contributed by atoms with E-state index in [1.807, 2.05) is 0 Å². The van der Waals surface area contributed by atoms with E-state index >= 15 is 0 Å². The largest absolute Gasteiger partial charge is 0.484 e. The number of nitrogens with one attached hydrogen (secondary N) is 1. The second-order valence-corrected chi connectivity index (χ2v) is 6.95. The summed E-state index contributed by atoms with van der Waals surface area (Å²) in [6.07, 6.45) is 5.66. The molecule has 6 heteroatoms. The van der Waals surface area contributed by atoms with Gasteiger partial charge in [0.15, 0.2) is 17.5 Å². The number of thiazole rings is 1. The molecule has 1 amide bonds. The summed E-state index contributed by atoms with van der Waals surface area (Å²) >= 11 is 1.56. The molecule has 1 aromatic heterocycles. The summed E-state index contributed by atoms with van der Waals surface area (Å²) in [4.78, 5) is 29.2. The Bertz CT molecular complexity index is 731. The van der Waals surface area contributed by atoms with Crippen LogP contribution in [0.25, 0.3) is 0 Å². The van der Waals surface area contributed by atoms with Gasteiger partial charge in [-0.1, -0.05) is 18.6 Å². The SMILES string of the molecule is CC(=O)c1cccc(OCC(=O)Nc2nc3c(s2)CCCCC3)c1. The highest BCUT2D eigenvalue weighted by Gasteiger charge is 2.15. The number of ketones is 1. The van der Waals surface area contributed by atoms with Crippen LogP contribution in [0, 0.1) is 0 Å². The third-order valence-electron chi connectivity index (χ3n) is 3.95. The molecule has 1 aromatic carbocycles. The topological polar surface area (TPSA) is 68.3 Å². The average Bonchev–Trinajstić information content (AvgIpc) is 2.81. The molecular weight excluding hydrogens is 324 g/mol. The summed E-state index contributed by atoms with van der Waals surface area (Å²) in [5.41, 5.74) is 1.69. The van der Waals surface area contributed by atoms with Gasteiger partial charge in [-0.3, -0.25) is 14.9 Å². The zero-order valence-corrected chi connectivity index (χ0v) is 14.4. The Morgan fingerprint density at radius 1 is 1.25 bits per heavy atom. The number of Topliss-reactive ketones (excluding diaryl/α,β-unsaturated/α-hetero) is 1. The number of hydrogen-bond acceptors (Lipinski definition) is 5. The highest BCUT2D eigenvalue weighted by molar-refractivity contribution is 7.15. The van der Waals surface area contributed by atoms with Crippen LogP contribution >= 0.6 is 11.3 Å². The second-order valence-electron chi connectivity index (χ2n) is 5.87. The van der Waals surface area contributed by atoms with Crippen molar-refractivity contribution in [2.24, 2.45) is 0 Å². The molecule has 2 aromatic rings. The Hall–Kier alpha value is -2.21. The van der Waals surface area contributed by atoms with Gasteiger partial charge in [0.1, 0.15) is 5.75 Å². The summed E-state index contributed by atoms with van der Waals surface area (Å²) < 4.78 is 5.47. The first-order chi connectivity index (χ1) is 11.6. The van der Waals surface area contributed by atoms with Crippen molar-refractivity contribution >= 4 is 28.2 Å². The second kappa shape index (κ2) is 7.57. The number of benzene rings is 1. The van der Waals surface area contributed by atoms with Gasteiger partial charge < -0.3 is 4.74 Å². The molecule has 1 aliphatic carbocycles. The highest BCUT2D eigenvalue weighted by atomic mass is 32.1. The number of carbonyl (C=O) groups excluding carboxylic acids is 2. The van der Waals surface area contributed by atoms with Gasteiger partial charge in [0.2, 0.25) is 0 Å². The minimum atomic E-state index is -0.243. The van der Waals surface area contributed by atoms with Crippen molar-refractivity contribution in [3.05, 3.63) is 40.4 Å². The maximum absolute atomic E-state index is 12.0. The van der Waals surface area contributed by atoms with Gasteiger partial charge >= 0.3 is 0 Å². The fourth-order valence-corrected chi connectivity index (χ4v) is 3.76. The van der Waals surface area contributed by atoms with Crippen molar-refractivity contribution in [3.63, 3.8) is 0 Å². The van der Waals surface area contributed by atoms with Crippen molar-refractivity contribution in [1.82, 2.24) is 4.98 Å². The van der Waals surface area contributed by atoms with Crippen LogP contribution in [-0.4, -0.2) is 23.3 Å². The number of nitrogens with zero attached hydrogens (tertiary/aromatic N) is 1. The molecule has 1 aliphatic rings. The van der Waals surface area contributed by atoms with Crippen LogP contribution < -0.4 is 10.1 Å². The van der Waals surface area contributed by atoms with E-state index in [4.69, 9.17) is 4.74 Å². The van der Waals surface area contributed by atoms with E-state index in [2.05, 4.69) is 10.3 Å². The Labute approximate surface area is 145 Å². The van der Waals surface area contributed by atoms with Crippen molar-refractivity contribution < 1.29 is 14.3 Å². The predicted octanol–water partition coefficient (Wildman–Crippen LogP) is 3.63. The average molecular weight is 344 g/mol. The third kappa shape index (κ3) is 4.20. The molecule has 0 spiro atoms. The van der Waals surface area contributed by atoms with Crippen molar-refractivity contribution in [2.75, 3.05) is 11.9 Å². The van der Waals surface area contributed by atoms with Crippen LogP contribution in [0.15, 0.2) is 24.3 Å². The van der Waals surface area contributed by atoms with Crippen LogP contribution in [0.5, 0.6) is 5.75 Å². The Morgan fingerprint density at radius 3 is 2.92 bits per heavy atom. The number of anilines is 1. The lowest BCUT2D eigenvalue weighted by atomic mass is 10.1. The number of hydrogen-bond donors (Lipinski definition) is 1. The lowest BCUT2D eigenvalue weighted by Crippen LogP contribution is -2.20. The van der Waals surface area contributed by atoms with Crippen molar-refractivity contribution in [3.8, 4) is 5.75 Å². The number of aromatic nitrogens is 1. The zero-order chi connectivity index (χ0) is 16.9. The molecule has 0 saturated heterocycles. The normalized spacial score (nSPS) is 13.7. The standard InChI is InChI=1S/C18H20N2O3S/c1-12(21)13-6-5-7-14(10-13)23-11-17(22)20-18-19-15-8-3-2-4-9-16(15)24-18/h5-7,10H,2-4,8-9,11H2,1H3,(H,19,20,22). The number of fused-ring (bicyclic) bond motifs is 1. The Balaban J connectivity index is 1.56. The molecule has 24 heavy (non-hydrogen) atoms. The summed E-state index contributed by atoms with van der Waals surface area (Å²) in [7, 11) is 0. The van der Waals surface area contributed by atoms with Gasteiger partial charge in [-0.05, 0) is 44.7 Å². The fraction of sp³-hybridized carbons (Fsp3) is 0.389. The van der Waals surface area contributed by atoms with Gasteiger partial charge in [0.25, 0.3) is 5.91 Å². The molecule has 0 saturated carbocycles. The summed E-state index contributed by atoms with van der Waals surface area (Å²) in [5, 5.41) is 3.45. The molecule has 1 heterocycles. The van der Waals surface area contributed by atoms with Gasteiger partial charge in [-0.2, -0.15) is 0 Å². The molecule has 0 bridgehead atoms. The third-order valence-corrected chi connectivity index (χ3v) is 5.03. The first-order valence-electron chi connectivity index (χ1n) is 8.14. The molecule has 0 atom stereocenters. The van der Waals surface area contributed by atoms with Gasteiger partial charge in [0, 0.05) is 10.4 Å². The Kier molecular flexibility index (Phi) is 5.25. The first kappa shape index (κ1) is 16.6. The van der Waals surface area contributed by atoms with Crippen LogP contribution in [-0.2, 0) is 17.6 Å². The maximum atomic E-state index is 12.0. The van der Waals surface area contributed by atoms with Crippen LogP contribution in [0.2, 0.25) is 0 Å². The highest BCUT2D eigenvalue weighted by Crippen LogP contribution is 2.28. The lowest BCUT2D eigenvalue weighted by Gasteiger charge is -2.06. The lowest BCUT2D eigenvalue weighted by molar-refractivity contribution is -0.118. The molecule has 0 unspecified atom stereocenters. The number of rotatable bonds is 5.